The fraction of sp³-hybridized carbons (Fsp3) is 0.621. The highest BCUT2D eigenvalue weighted by Gasteiger charge is 2.55. The number of aryl methyl sites for hydroxylation is 1. The van der Waals surface area contributed by atoms with Crippen molar-refractivity contribution in [3.63, 3.8) is 0 Å². The molecule has 3 heteroatoms. The van der Waals surface area contributed by atoms with Crippen LogP contribution in [0.15, 0.2) is 42.7 Å². The summed E-state index contributed by atoms with van der Waals surface area (Å²) in [6, 6.07) is 11.6. The van der Waals surface area contributed by atoms with Crippen molar-refractivity contribution in [2.75, 3.05) is 0 Å². The normalized spacial score (nSPS) is 32.1. The Labute approximate surface area is 196 Å². The number of aromatic nitrogens is 1. The van der Waals surface area contributed by atoms with Crippen molar-refractivity contribution in [2.45, 2.75) is 96.2 Å². The third kappa shape index (κ3) is 3.56. The molecule has 5 rings (SSSR count). The average molecular weight is 448 g/mol. The highest BCUT2D eigenvalue weighted by Crippen LogP contribution is 2.65. The van der Waals surface area contributed by atoms with E-state index in [1.807, 2.05) is 6.20 Å². The van der Waals surface area contributed by atoms with E-state index in [4.69, 9.17) is 4.43 Å². The molecular weight excluding hydrogens is 406 g/mol. The quantitative estimate of drug-likeness (QED) is 0.443. The second-order valence-electron chi connectivity index (χ2n) is 12.6. The van der Waals surface area contributed by atoms with Gasteiger partial charge >= 0.3 is 0 Å². The predicted molar refractivity (Wildman–Crippen MR) is 136 cm³/mol. The lowest BCUT2D eigenvalue weighted by molar-refractivity contribution is 0.0481. The summed E-state index contributed by atoms with van der Waals surface area (Å²) in [6.45, 7) is 14.3. The molecule has 3 aliphatic carbocycles. The van der Waals surface area contributed by atoms with Gasteiger partial charge in [0.1, 0.15) is 5.75 Å². The van der Waals surface area contributed by atoms with E-state index < -0.39 is 8.32 Å². The Morgan fingerprint density at radius 1 is 1.06 bits per heavy atom. The van der Waals surface area contributed by atoms with E-state index >= 15 is 0 Å². The zero-order valence-corrected chi connectivity index (χ0v) is 21.9. The van der Waals surface area contributed by atoms with E-state index in [0.717, 1.165) is 23.5 Å². The van der Waals surface area contributed by atoms with Crippen LogP contribution in [0.1, 0.15) is 88.3 Å². The maximum atomic E-state index is 6.65. The van der Waals surface area contributed by atoms with Crippen LogP contribution in [-0.2, 0) is 6.42 Å². The molecule has 32 heavy (non-hydrogen) atoms. The number of rotatable bonds is 3. The minimum absolute atomic E-state index is 0.231. The van der Waals surface area contributed by atoms with Crippen LogP contribution in [0, 0.1) is 17.3 Å². The zero-order chi connectivity index (χ0) is 22.7. The largest absolute Gasteiger partial charge is 0.543 e. The predicted octanol–water partition coefficient (Wildman–Crippen LogP) is 8.11. The Kier molecular flexibility index (Phi) is 5.35. The molecule has 2 nitrogen and oxygen atoms in total. The number of nitrogens with zero attached hydrogens (tertiary/aromatic N) is 1. The number of benzene rings is 1. The highest BCUT2D eigenvalue weighted by molar-refractivity contribution is 6.74. The third-order valence-electron chi connectivity index (χ3n) is 9.96. The Morgan fingerprint density at radius 3 is 2.59 bits per heavy atom. The second-order valence-corrected chi connectivity index (χ2v) is 17.3. The van der Waals surface area contributed by atoms with Crippen LogP contribution in [0.4, 0.5) is 0 Å². The minimum atomic E-state index is -1.80. The van der Waals surface area contributed by atoms with Gasteiger partial charge in [0, 0.05) is 12.4 Å². The van der Waals surface area contributed by atoms with Gasteiger partial charge in [0.2, 0.25) is 8.32 Å². The van der Waals surface area contributed by atoms with Crippen LogP contribution in [-0.4, -0.2) is 13.3 Å². The Balaban J connectivity index is 1.38. The van der Waals surface area contributed by atoms with Crippen molar-refractivity contribution in [3.8, 4) is 5.75 Å². The lowest BCUT2D eigenvalue weighted by atomic mass is 9.53. The first-order chi connectivity index (χ1) is 15.1. The number of fused-ring (bicyclic) bond motifs is 5. The topological polar surface area (TPSA) is 22.1 Å². The Hall–Kier alpha value is -1.61. The molecule has 0 saturated heterocycles. The Morgan fingerprint density at radius 2 is 1.88 bits per heavy atom. The molecule has 0 radical (unpaired) electrons. The van der Waals surface area contributed by atoms with E-state index in [2.05, 4.69) is 82.3 Å². The summed E-state index contributed by atoms with van der Waals surface area (Å²) in [7, 11) is -1.80. The molecule has 2 saturated carbocycles. The van der Waals surface area contributed by atoms with Crippen molar-refractivity contribution in [3.05, 3.63) is 59.4 Å². The molecule has 2 aromatic rings. The highest BCUT2D eigenvalue weighted by atomic mass is 28.4. The van der Waals surface area contributed by atoms with E-state index in [1.54, 1.807) is 11.1 Å². The van der Waals surface area contributed by atoms with Crippen LogP contribution in [0.3, 0.4) is 0 Å². The molecule has 0 amide bonds. The molecule has 1 heterocycles. The van der Waals surface area contributed by atoms with Crippen molar-refractivity contribution in [1.82, 2.24) is 4.98 Å². The maximum absolute atomic E-state index is 6.65. The molecule has 1 aromatic heterocycles. The first-order valence-corrected chi connectivity index (χ1v) is 15.7. The lowest BCUT2D eigenvalue weighted by Gasteiger charge is -2.51. The summed E-state index contributed by atoms with van der Waals surface area (Å²) in [5, 5.41) is 0.231. The van der Waals surface area contributed by atoms with Crippen molar-refractivity contribution >= 4 is 8.32 Å². The van der Waals surface area contributed by atoms with E-state index in [0.29, 0.717) is 11.3 Å². The van der Waals surface area contributed by atoms with Crippen LogP contribution >= 0.6 is 0 Å². The SMILES string of the molecule is CC(C)(C)[Si](C)(C)Oc1ccc2c(c1)CC[C@@H]1[C@@H]2CC[C@]2(C)[C@H](c3cccnc3)CC[C@@H]12. The standard InChI is InChI=1S/C29H41NOSi/c1-28(2,3)32(5,6)31-22-10-12-23-20(18-22)9-11-25-24(23)15-16-29(4)26(13-14-27(25)29)21-8-7-17-30-19-21/h7-8,10,12,17-19,24-27H,9,11,13-16H2,1-6H3/t24-,25-,26+,27+,29-/m1/s1. The molecule has 2 fully saturated rings. The summed E-state index contributed by atoms with van der Waals surface area (Å²) in [4.78, 5) is 4.45. The minimum Gasteiger partial charge on any atom is -0.543 e. The van der Waals surface area contributed by atoms with Gasteiger partial charge in [-0.2, -0.15) is 0 Å². The van der Waals surface area contributed by atoms with E-state index in [-0.39, 0.29) is 5.04 Å². The summed E-state index contributed by atoms with van der Waals surface area (Å²) < 4.78 is 6.65. The van der Waals surface area contributed by atoms with Gasteiger partial charge < -0.3 is 4.43 Å². The molecule has 0 unspecified atom stereocenters. The molecule has 1 aromatic carbocycles. The van der Waals surface area contributed by atoms with Crippen LogP contribution in [0.25, 0.3) is 0 Å². The fourth-order valence-electron chi connectivity index (χ4n) is 7.20. The van der Waals surface area contributed by atoms with Crippen LogP contribution in [0.2, 0.25) is 18.1 Å². The molecule has 3 aliphatic rings. The molecule has 0 bridgehead atoms. The maximum Gasteiger partial charge on any atom is 0.250 e. The van der Waals surface area contributed by atoms with E-state index in [9.17, 15) is 0 Å². The molecule has 0 aliphatic heterocycles. The number of pyridine rings is 1. The molecule has 5 atom stereocenters. The molecule has 172 valence electrons. The Bertz CT molecular complexity index is 978. The van der Waals surface area contributed by atoms with Gasteiger partial charge in [-0.15, -0.1) is 0 Å². The van der Waals surface area contributed by atoms with Crippen molar-refractivity contribution in [1.29, 1.82) is 0 Å². The van der Waals surface area contributed by atoms with Gasteiger partial charge in [-0.05, 0) is 121 Å². The van der Waals surface area contributed by atoms with Crippen LogP contribution in [0.5, 0.6) is 5.75 Å². The smallest absolute Gasteiger partial charge is 0.250 e. The lowest BCUT2D eigenvalue weighted by Crippen LogP contribution is -2.44. The van der Waals surface area contributed by atoms with Gasteiger partial charge in [-0.25, -0.2) is 0 Å². The number of hydrogen-bond donors (Lipinski definition) is 0. The van der Waals surface area contributed by atoms with Gasteiger partial charge in [0.05, 0.1) is 0 Å². The van der Waals surface area contributed by atoms with Crippen molar-refractivity contribution in [2.24, 2.45) is 17.3 Å². The average Bonchev–Trinajstić information content (AvgIpc) is 3.10. The van der Waals surface area contributed by atoms with Gasteiger partial charge in [-0.3, -0.25) is 4.98 Å². The molecule has 0 N–H and O–H groups in total. The summed E-state index contributed by atoms with van der Waals surface area (Å²) in [6.07, 6.45) is 12.0. The van der Waals surface area contributed by atoms with Gasteiger partial charge in [0.15, 0.2) is 0 Å². The number of hydrogen-bond acceptors (Lipinski definition) is 2. The zero-order valence-electron chi connectivity index (χ0n) is 20.9. The molecular formula is C29H41NOSi. The second kappa shape index (κ2) is 7.72. The molecule has 0 spiro atoms. The summed E-state index contributed by atoms with van der Waals surface area (Å²) in [5.41, 5.74) is 5.11. The van der Waals surface area contributed by atoms with Crippen molar-refractivity contribution < 1.29 is 4.43 Å². The monoisotopic (exact) mass is 447 g/mol. The third-order valence-corrected chi connectivity index (χ3v) is 14.3. The first-order valence-electron chi connectivity index (χ1n) is 12.8. The first kappa shape index (κ1) is 22.2. The summed E-state index contributed by atoms with van der Waals surface area (Å²) >= 11 is 0. The summed E-state index contributed by atoms with van der Waals surface area (Å²) in [5.74, 6) is 4.22. The van der Waals surface area contributed by atoms with Gasteiger partial charge in [-0.1, -0.05) is 39.8 Å². The van der Waals surface area contributed by atoms with Gasteiger partial charge in [0.25, 0.3) is 0 Å². The van der Waals surface area contributed by atoms with Crippen LogP contribution < -0.4 is 4.43 Å². The van der Waals surface area contributed by atoms with E-state index in [1.165, 1.54) is 44.1 Å². The fourth-order valence-corrected chi connectivity index (χ4v) is 8.22.